The van der Waals surface area contributed by atoms with E-state index in [1.807, 2.05) is 12.1 Å². The summed E-state index contributed by atoms with van der Waals surface area (Å²) < 4.78 is 13.0. The molecule has 2 N–H and O–H groups in total. The van der Waals surface area contributed by atoms with E-state index in [-0.39, 0.29) is 29.8 Å². The Kier molecular flexibility index (Phi) is 9.54. The minimum absolute atomic E-state index is 0. The van der Waals surface area contributed by atoms with Gasteiger partial charge in [-0.2, -0.15) is 0 Å². The van der Waals surface area contributed by atoms with E-state index in [2.05, 4.69) is 52.8 Å². The fourth-order valence-corrected chi connectivity index (χ4v) is 3.39. The molecule has 2 aromatic carbocycles. The van der Waals surface area contributed by atoms with Gasteiger partial charge in [-0.05, 0) is 55.5 Å². The second-order valence-electron chi connectivity index (χ2n) is 6.96. The number of hydrogen-bond donors (Lipinski definition) is 2. The van der Waals surface area contributed by atoms with Crippen LogP contribution in [0, 0.1) is 11.7 Å². The molecule has 4 nitrogen and oxygen atoms in total. The lowest BCUT2D eigenvalue weighted by atomic mass is 10.1. The first-order valence-electron chi connectivity index (χ1n) is 9.81. The summed E-state index contributed by atoms with van der Waals surface area (Å²) in [5.74, 6) is 1.25. The van der Waals surface area contributed by atoms with Gasteiger partial charge in [-0.25, -0.2) is 4.39 Å². The number of para-hydroxylation sites is 1. The molecule has 6 heteroatoms. The molecule has 1 heterocycles. The standard InChI is InChI=1S/C22H29FN4.HI/c1-2-24-22(25-14-12-18-8-10-20(23)11-9-18)26-16-19-13-15-27(17-19)21-6-4-3-5-7-21;/h3-11,19H,2,12-17H2,1H3,(H2,24,25,26);1H. The van der Waals surface area contributed by atoms with Crippen LogP contribution in [0.2, 0.25) is 0 Å². The second kappa shape index (κ2) is 11.9. The molecule has 1 unspecified atom stereocenters. The van der Waals surface area contributed by atoms with Gasteiger partial charge in [0, 0.05) is 38.4 Å². The van der Waals surface area contributed by atoms with Crippen LogP contribution in [-0.4, -0.2) is 38.7 Å². The zero-order chi connectivity index (χ0) is 18.9. The molecule has 1 fully saturated rings. The summed E-state index contributed by atoms with van der Waals surface area (Å²) in [4.78, 5) is 7.22. The van der Waals surface area contributed by atoms with Crippen LogP contribution in [-0.2, 0) is 6.42 Å². The van der Waals surface area contributed by atoms with Gasteiger partial charge in [-0.15, -0.1) is 24.0 Å². The van der Waals surface area contributed by atoms with Crippen molar-refractivity contribution in [1.29, 1.82) is 0 Å². The highest BCUT2D eigenvalue weighted by Crippen LogP contribution is 2.23. The Morgan fingerprint density at radius 3 is 2.57 bits per heavy atom. The number of nitrogens with one attached hydrogen (secondary N) is 2. The minimum atomic E-state index is -0.192. The van der Waals surface area contributed by atoms with Crippen LogP contribution in [0.3, 0.4) is 0 Å². The van der Waals surface area contributed by atoms with Crippen LogP contribution in [0.15, 0.2) is 59.6 Å². The Morgan fingerprint density at radius 1 is 1.11 bits per heavy atom. The molecule has 0 saturated carbocycles. The number of rotatable bonds is 7. The third-order valence-corrected chi connectivity index (χ3v) is 4.88. The zero-order valence-corrected chi connectivity index (χ0v) is 18.7. The minimum Gasteiger partial charge on any atom is -0.371 e. The van der Waals surface area contributed by atoms with Gasteiger partial charge in [0.2, 0.25) is 0 Å². The molecule has 0 radical (unpaired) electrons. The normalized spacial score (nSPS) is 16.6. The first-order chi connectivity index (χ1) is 13.2. The summed E-state index contributed by atoms with van der Waals surface area (Å²) in [5.41, 5.74) is 2.42. The van der Waals surface area contributed by atoms with E-state index in [1.54, 1.807) is 0 Å². The van der Waals surface area contributed by atoms with Crippen LogP contribution in [0.1, 0.15) is 18.9 Å². The molecule has 3 rings (SSSR count). The Bertz CT molecular complexity index is 721. The molecule has 2 aromatic rings. The van der Waals surface area contributed by atoms with E-state index >= 15 is 0 Å². The van der Waals surface area contributed by atoms with Crippen LogP contribution in [0.25, 0.3) is 0 Å². The molecule has 1 atom stereocenters. The summed E-state index contributed by atoms with van der Waals surface area (Å²) in [6.45, 7) is 6.67. The maximum absolute atomic E-state index is 13.0. The Labute approximate surface area is 184 Å². The molecule has 0 aliphatic carbocycles. The maximum Gasteiger partial charge on any atom is 0.191 e. The van der Waals surface area contributed by atoms with Crippen molar-refractivity contribution in [1.82, 2.24) is 10.6 Å². The van der Waals surface area contributed by atoms with Crippen molar-refractivity contribution in [3.63, 3.8) is 0 Å². The second-order valence-corrected chi connectivity index (χ2v) is 6.96. The number of anilines is 1. The average molecular weight is 496 g/mol. The lowest BCUT2D eigenvalue weighted by Crippen LogP contribution is -2.38. The van der Waals surface area contributed by atoms with Crippen molar-refractivity contribution in [2.75, 3.05) is 37.6 Å². The monoisotopic (exact) mass is 496 g/mol. The Hall–Kier alpha value is -1.83. The highest BCUT2D eigenvalue weighted by atomic mass is 127. The van der Waals surface area contributed by atoms with Crippen LogP contribution in [0.5, 0.6) is 0 Å². The van der Waals surface area contributed by atoms with E-state index in [0.29, 0.717) is 5.92 Å². The summed E-state index contributed by atoms with van der Waals surface area (Å²) >= 11 is 0. The number of hydrogen-bond acceptors (Lipinski definition) is 2. The van der Waals surface area contributed by atoms with Crippen molar-refractivity contribution in [2.24, 2.45) is 10.9 Å². The van der Waals surface area contributed by atoms with Gasteiger partial charge < -0.3 is 15.5 Å². The number of nitrogens with zero attached hydrogens (tertiary/aromatic N) is 2. The summed E-state index contributed by atoms with van der Waals surface area (Å²) in [6, 6.07) is 17.3. The highest BCUT2D eigenvalue weighted by Gasteiger charge is 2.22. The topological polar surface area (TPSA) is 39.7 Å². The zero-order valence-electron chi connectivity index (χ0n) is 16.4. The first kappa shape index (κ1) is 22.5. The van der Waals surface area contributed by atoms with Crippen molar-refractivity contribution < 1.29 is 4.39 Å². The molecule has 0 amide bonds. The predicted octanol–water partition coefficient (Wildman–Crippen LogP) is 4.07. The van der Waals surface area contributed by atoms with Crippen molar-refractivity contribution >= 4 is 35.6 Å². The molecule has 28 heavy (non-hydrogen) atoms. The summed E-state index contributed by atoms with van der Waals surface area (Å²) in [6.07, 6.45) is 2.02. The van der Waals surface area contributed by atoms with Crippen molar-refractivity contribution in [3.05, 3.63) is 66.0 Å². The van der Waals surface area contributed by atoms with Gasteiger partial charge in [0.15, 0.2) is 5.96 Å². The lowest BCUT2D eigenvalue weighted by Gasteiger charge is -2.18. The molecular weight excluding hydrogens is 466 g/mol. The van der Waals surface area contributed by atoms with Gasteiger partial charge in [0.1, 0.15) is 5.82 Å². The van der Waals surface area contributed by atoms with Crippen LogP contribution < -0.4 is 15.5 Å². The number of benzene rings is 2. The molecule has 1 aliphatic heterocycles. The number of guanidine groups is 1. The van der Waals surface area contributed by atoms with E-state index < -0.39 is 0 Å². The van der Waals surface area contributed by atoms with Gasteiger partial charge in [-0.3, -0.25) is 4.99 Å². The number of halogens is 2. The predicted molar refractivity (Wildman–Crippen MR) is 126 cm³/mol. The van der Waals surface area contributed by atoms with Gasteiger partial charge in [0.05, 0.1) is 0 Å². The quantitative estimate of drug-likeness (QED) is 0.345. The van der Waals surface area contributed by atoms with E-state index in [4.69, 9.17) is 4.99 Å². The molecule has 0 aromatic heterocycles. The first-order valence-corrected chi connectivity index (χ1v) is 9.81. The molecule has 0 bridgehead atoms. The third-order valence-electron chi connectivity index (χ3n) is 4.88. The third kappa shape index (κ3) is 6.96. The molecule has 1 aliphatic rings. The fourth-order valence-electron chi connectivity index (χ4n) is 3.39. The SMILES string of the molecule is CCNC(=NCC1CCN(c2ccccc2)C1)NCCc1ccc(F)cc1.I. The molecular formula is C22H30FIN4. The molecule has 152 valence electrons. The van der Waals surface area contributed by atoms with Crippen molar-refractivity contribution in [2.45, 2.75) is 19.8 Å². The van der Waals surface area contributed by atoms with Crippen LogP contribution in [0.4, 0.5) is 10.1 Å². The van der Waals surface area contributed by atoms with E-state index in [1.165, 1.54) is 24.2 Å². The van der Waals surface area contributed by atoms with E-state index in [9.17, 15) is 4.39 Å². The molecule has 0 spiro atoms. The largest absolute Gasteiger partial charge is 0.371 e. The Balaban J connectivity index is 0.00000280. The summed E-state index contributed by atoms with van der Waals surface area (Å²) in [5, 5.41) is 6.69. The number of aliphatic imine (C=N–C) groups is 1. The lowest BCUT2D eigenvalue weighted by molar-refractivity contribution is 0.599. The van der Waals surface area contributed by atoms with Gasteiger partial charge >= 0.3 is 0 Å². The van der Waals surface area contributed by atoms with Gasteiger partial charge in [0.25, 0.3) is 0 Å². The smallest absolute Gasteiger partial charge is 0.191 e. The van der Waals surface area contributed by atoms with Crippen LogP contribution >= 0.6 is 24.0 Å². The Morgan fingerprint density at radius 2 is 1.86 bits per heavy atom. The average Bonchev–Trinajstić information content (AvgIpc) is 3.17. The maximum atomic E-state index is 13.0. The summed E-state index contributed by atoms with van der Waals surface area (Å²) in [7, 11) is 0. The highest BCUT2D eigenvalue weighted by molar-refractivity contribution is 14.0. The van der Waals surface area contributed by atoms with E-state index in [0.717, 1.165) is 50.7 Å². The molecule has 1 saturated heterocycles. The van der Waals surface area contributed by atoms with Crippen molar-refractivity contribution in [3.8, 4) is 0 Å². The fraction of sp³-hybridized carbons (Fsp3) is 0.409. The van der Waals surface area contributed by atoms with Gasteiger partial charge in [-0.1, -0.05) is 30.3 Å².